The Morgan fingerprint density at radius 1 is 1.11 bits per heavy atom. The van der Waals surface area contributed by atoms with Crippen LogP contribution in [0.1, 0.15) is 15.9 Å². The van der Waals surface area contributed by atoms with E-state index in [1.807, 2.05) is 0 Å². The Bertz CT molecular complexity index is 910. The highest BCUT2D eigenvalue weighted by Gasteiger charge is 2.10. The van der Waals surface area contributed by atoms with Gasteiger partial charge in [-0.25, -0.2) is 0 Å². The second-order valence-corrected chi connectivity index (χ2v) is 5.66. The van der Waals surface area contributed by atoms with Crippen molar-refractivity contribution in [2.24, 2.45) is 0 Å². The van der Waals surface area contributed by atoms with Gasteiger partial charge in [-0.2, -0.15) is 0 Å². The Hall–Kier alpha value is -3.59. The number of para-hydroxylation sites is 1. The molecule has 27 heavy (non-hydrogen) atoms. The quantitative estimate of drug-likeness (QED) is 0.316. The molecule has 3 N–H and O–H groups in total. The molecule has 0 aliphatic carbocycles. The number of hydrogen-bond acceptors (Lipinski definition) is 5. The SMILES string of the molecule is CNC(=O)c1ccccc1NC(=S)NC(=O)/C=C/c1ccc([N+](=O)[O-])cc1. The van der Waals surface area contributed by atoms with Crippen molar-refractivity contribution in [3.05, 3.63) is 75.8 Å². The average Bonchev–Trinajstić information content (AvgIpc) is 2.66. The number of rotatable bonds is 5. The molecule has 0 spiro atoms. The normalized spacial score (nSPS) is 10.3. The van der Waals surface area contributed by atoms with Crippen LogP contribution in [0.5, 0.6) is 0 Å². The summed E-state index contributed by atoms with van der Waals surface area (Å²) in [7, 11) is 1.52. The number of anilines is 1. The zero-order valence-corrected chi connectivity index (χ0v) is 15.1. The van der Waals surface area contributed by atoms with Gasteiger partial charge >= 0.3 is 0 Å². The van der Waals surface area contributed by atoms with Gasteiger partial charge in [0.2, 0.25) is 5.91 Å². The fraction of sp³-hybridized carbons (Fsp3) is 0.0556. The zero-order chi connectivity index (χ0) is 19.8. The van der Waals surface area contributed by atoms with Gasteiger partial charge in [0.25, 0.3) is 11.6 Å². The van der Waals surface area contributed by atoms with Crippen LogP contribution < -0.4 is 16.0 Å². The van der Waals surface area contributed by atoms with Crippen LogP contribution in [0.25, 0.3) is 6.08 Å². The summed E-state index contributed by atoms with van der Waals surface area (Å²) in [5.74, 6) is -0.770. The summed E-state index contributed by atoms with van der Waals surface area (Å²) in [6.45, 7) is 0. The number of non-ortho nitro benzene ring substituents is 1. The van der Waals surface area contributed by atoms with Gasteiger partial charge in [-0.05, 0) is 48.1 Å². The molecule has 0 atom stereocenters. The molecule has 2 aromatic carbocycles. The maximum atomic E-state index is 12.0. The molecule has 0 saturated carbocycles. The zero-order valence-electron chi connectivity index (χ0n) is 14.3. The van der Waals surface area contributed by atoms with Crippen molar-refractivity contribution in [1.82, 2.24) is 10.6 Å². The lowest BCUT2D eigenvalue weighted by Crippen LogP contribution is -2.33. The van der Waals surface area contributed by atoms with E-state index in [-0.39, 0.29) is 16.7 Å². The number of nitro benzene ring substituents is 1. The molecule has 2 aromatic rings. The van der Waals surface area contributed by atoms with Crippen LogP contribution in [0.15, 0.2) is 54.6 Å². The summed E-state index contributed by atoms with van der Waals surface area (Å²) in [6, 6.07) is 12.5. The molecule has 0 aromatic heterocycles. The smallest absolute Gasteiger partial charge is 0.269 e. The van der Waals surface area contributed by atoms with Crippen molar-refractivity contribution in [3.8, 4) is 0 Å². The minimum absolute atomic E-state index is 0.0308. The first-order valence-electron chi connectivity index (χ1n) is 7.76. The van der Waals surface area contributed by atoms with E-state index >= 15 is 0 Å². The van der Waals surface area contributed by atoms with Crippen molar-refractivity contribution >= 4 is 46.6 Å². The van der Waals surface area contributed by atoms with Gasteiger partial charge < -0.3 is 10.6 Å². The van der Waals surface area contributed by atoms with Crippen molar-refractivity contribution in [3.63, 3.8) is 0 Å². The second-order valence-electron chi connectivity index (χ2n) is 5.25. The molecule has 0 fully saturated rings. The van der Waals surface area contributed by atoms with E-state index in [9.17, 15) is 19.7 Å². The van der Waals surface area contributed by atoms with Crippen LogP contribution in [0.4, 0.5) is 11.4 Å². The Kier molecular flexibility index (Phi) is 6.73. The molecular formula is C18H16N4O4S. The Morgan fingerprint density at radius 3 is 2.41 bits per heavy atom. The highest BCUT2D eigenvalue weighted by atomic mass is 32.1. The van der Waals surface area contributed by atoms with E-state index in [0.717, 1.165) is 0 Å². The minimum atomic E-state index is -0.499. The topological polar surface area (TPSA) is 113 Å². The number of hydrogen-bond donors (Lipinski definition) is 3. The Labute approximate surface area is 160 Å². The third-order valence-corrected chi connectivity index (χ3v) is 3.62. The third-order valence-electron chi connectivity index (χ3n) is 3.41. The lowest BCUT2D eigenvalue weighted by Gasteiger charge is -2.11. The molecule has 0 aliphatic rings. The fourth-order valence-corrected chi connectivity index (χ4v) is 2.32. The predicted molar refractivity (Wildman–Crippen MR) is 106 cm³/mol. The average molecular weight is 384 g/mol. The van der Waals surface area contributed by atoms with Crippen LogP contribution in [-0.2, 0) is 4.79 Å². The lowest BCUT2D eigenvalue weighted by molar-refractivity contribution is -0.384. The van der Waals surface area contributed by atoms with Crippen molar-refractivity contribution in [2.75, 3.05) is 12.4 Å². The molecule has 0 aliphatic heterocycles. The molecular weight excluding hydrogens is 368 g/mol. The van der Waals surface area contributed by atoms with E-state index in [2.05, 4.69) is 16.0 Å². The molecule has 0 bridgehead atoms. The number of nitro groups is 1. The molecule has 8 nitrogen and oxygen atoms in total. The Balaban J connectivity index is 1.97. The first kappa shape index (κ1) is 19.7. The van der Waals surface area contributed by atoms with E-state index in [1.165, 1.54) is 43.5 Å². The van der Waals surface area contributed by atoms with Crippen molar-refractivity contribution in [1.29, 1.82) is 0 Å². The standard InChI is InChI=1S/C18H16N4O4S/c1-19-17(24)14-4-2-3-5-15(14)20-18(27)21-16(23)11-8-12-6-9-13(10-7-12)22(25)26/h2-11H,1H3,(H,19,24)(H2,20,21,23,27)/b11-8+. The van der Waals surface area contributed by atoms with Crippen molar-refractivity contribution < 1.29 is 14.5 Å². The summed E-state index contributed by atoms with van der Waals surface area (Å²) in [6.07, 6.45) is 2.75. The van der Waals surface area contributed by atoms with E-state index < -0.39 is 10.8 Å². The molecule has 138 valence electrons. The third kappa shape index (κ3) is 5.72. The van der Waals surface area contributed by atoms with E-state index in [4.69, 9.17) is 12.2 Å². The molecule has 0 unspecified atom stereocenters. The molecule has 0 heterocycles. The molecule has 2 rings (SSSR count). The second kappa shape index (κ2) is 9.20. The summed E-state index contributed by atoms with van der Waals surface area (Å²) >= 11 is 5.09. The first-order valence-corrected chi connectivity index (χ1v) is 8.17. The van der Waals surface area contributed by atoms with Crippen LogP contribution in [-0.4, -0.2) is 28.9 Å². The molecule has 2 amide bonds. The van der Waals surface area contributed by atoms with Crippen LogP contribution in [0.3, 0.4) is 0 Å². The Morgan fingerprint density at radius 2 is 1.78 bits per heavy atom. The van der Waals surface area contributed by atoms with Crippen LogP contribution in [0, 0.1) is 10.1 Å². The van der Waals surface area contributed by atoms with Gasteiger partial charge in [-0.15, -0.1) is 0 Å². The number of nitrogens with zero attached hydrogens (tertiary/aromatic N) is 1. The number of nitrogens with one attached hydrogen (secondary N) is 3. The van der Waals surface area contributed by atoms with E-state index in [0.29, 0.717) is 16.8 Å². The summed E-state index contributed by atoms with van der Waals surface area (Å²) in [5, 5.41) is 18.4. The van der Waals surface area contributed by atoms with Gasteiger partial charge in [-0.3, -0.25) is 25.0 Å². The highest BCUT2D eigenvalue weighted by Crippen LogP contribution is 2.15. The molecule has 9 heteroatoms. The van der Waals surface area contributed by atoms with Gasteiger partial charge in [0.1, 0.15) is 0 Å². The summed E-state index contributed by atoms with van der Waals surface area (Å²) in [5.41, 5.74) is 1.44. The minimum Gasteiger partial charge on any atom is -0.355 e. The number of thiocarbonyl (C=S) groups is 1. The van der Waals surface area contributed by atoms with Gasteiger partial charge in [-0.1, -0.05) is 12.1 Å². The number of carbonyl (C=O) groups excluding carboxylic acids is 2. The maximum absolute atomic E-state index is 12.0. The highest BCUT2D eigenvalue weighted by molar-refractivity contribution is 7.80. The lowest BCUT2D eigenvalue weighted by atomic mass is 10.1. The van der Waals surface area contributed by atoms with Gasteiger partial charge in [0.05, 0.1) is 16.2 Å². The molecule has 0 saturated heterocycles. The van der Waals surface area contributed by atoms with Crippen molar-refractivity contribution in [2.45, 2.75) is 0 Å². The fourth-order valence-electron chi connectivity index (χ4n) is 2.11. The number of benzene rings is 2. The number of carbonyl (C=O) groups is 2. The van der Waals surface area contributed by atoms with Gasteiger partial charge in [0, 0.05) is 25.3 Å². The maximum Gasteiger partial charge on any atom is 0.269 e. The monoisotopic (exact) mass is 384 g/mol. The van der Waals surface area contributed by atoms with E-state index in [1.54, 1.807) is 24.3 Å². The summed E-state index contributed by atoms with van der Waals surface area (Å²) < 4.78 is 0. The van der Waals surface area contributed by atoms with Gasteiger partial charge in [0.15, 0.2) is 5.11 Å². The summed E-state index contributed by atoms with van der Waals surface area (Å²) in [4.78, 5) is 33.9. The predicted octanol–water partition coefficient (Wildman–Crippen LogP) is 2.48. The number of amides is 2. The largest absolute Gasteiger partial charge is 0.355 e. The first-order chi connectivity index (χ1) is 12.9. The van der Waals surface area contributed by atoms with Crippen LogP contribution in [0.2, 0.25) is 0 Å². The van der Waals surface area contributed by atoms with Crippen LogP contribution >= 0.6 is 12.2 Å². The molecule has 0 radical (unpaired) electrons.